The smallest absolute Gasteiger partial charge is 0.299 e. The second-order valence-electron chi connectivity index (χ2n) is 4.28. The number of unbranched alkanes of at least 4 members (excludes halogenated alkanes) is 2. The summed E-state index contributed by atoms with van der Waals surface area (Å²) in [6.45, 7) is 2.44. The van der Waals surface area contributed by atoms with E-state index in [9.17, 15) is 19.2 Å². The van der Waals surface area contributed by atoms with Gasteiger partial charge in [-0.2, -0.15) is 0 Å². The molecule has 1 heterocycles. The van der Waals surface area contributed by atoms with Gasteiger partial charge in [0.25, 0.3) is 11.0 Å². The Labute approximate surface area is 102 Å². The van der Waals surface area contributed by atoms with E-state index in [0.29, 0.717) is 6.54 Å². The Hall–Kier alpha value is -2.04. The lowest BCUT2D eigenvalue weighted by molar-refractivity contribution is 0.583. The van der Waals surface area contributed by atoms with Gasteiger partial charge in [0, 0.05) is 6.54 Å². The highest BCUT2D eigenvalue weighted by Crippen LogP contribution is 1.97. The number of rotatable bonds is 4. The van der Waals surface area contributed by atoms with Crippen LogP contribution in [0.3, 0.4) is 0 Å². The molecule has 0 unspecified atom stereocenters. The van der Waals surface area contributed by atoms with E-state index in [0.717, 1.165) is 25.3 Å². The summed E-state index contributed by atoms with van der Waals surface area (Å²) in [6.07, 6.45) is 2.70. The van der Waals surface area contributed by atoms with Crippen LogP contribution in [0.1, 0.15) is 26.2 Å². The molecule has 0 saturated heterocycles. The first-order valence-electron chi connectivity index (χ1n) is 5.95. The van der Waals surface area contributed by atoms with Gasteiger partial charge in [-0.05, 0) is 18.6 Å². The molecule has 0 saturated carbocycles. The predicted molar refractivity (Wildman–Crippen MR) is 66.7 cm³/mol. The van der Waals surface area contributed by atoms with E-state index in [2.05, 4.69) is 0 Å². The maximum Gasteiger partial charge on any atom is 0.299 e. The summed E-state index contributed by atoms with van der Waals surface area (Å²) >= 11 is 0. The molecular formula is C13H13NO4. The minimum absolute atomic E-state index is 0.260. The van der Waals surface area contributed by atoms with Crippen LogP contribution in [-0.4, -0.2) is 4.57 Å². The van der Waals surface area contributed by atoms with Crippen molar-refractivity contribution in [1.82, 2.24) is 4.57 Å². The Morgan fingerprint density at radius 1 is 1.00 bits per heavy atom. The molecule has 5 heteroatoms. The third kappa shape index (κ3) is 1.81. The van der Waals surface area contributed by atoms with E-state index in [1.165, 1.54) is 10.6 Å². The third-order valence-corrected chi connectivity index (χ3v) is 3.04. The molecule has 5 nitrogen and oxygen atoms in total. The van der Waals surface area contributed by atoms with E-state index < -0.39 is 21.8 Å². The van der Waals surface area contributed by atoms with E-state index in [1.54, 1.807) is 0 Å². The van der Waals surface area contributed by atoms with Crippen molar-refractivity contribution in [3.8, 4) is 0 Å². The first-order chi connectivity index (χ1) is 8.57. The van der Waals surface area contributed by atoms with Gasteiger partial charge in [0.05, 0.1) is 5.35 Å². The first-order valence-corrected chi connectivity index (χ1v) is 5.95. The van der Waals surface area contributed by atoms with Crippen molar-refractivity contribution in [2.24, 2.45) is 0 Å². The van der Waals surface area contributed by atoms with Gasteiger partial charge in [0.1, 0.15) is 5.22 Å². The van der Waals surface area contributed by atoms with Gasteiger partial charge in [-0.1, -0.05) is 19.8 Å². The van der Waals surface area contributed by atoms with Crippen LogP contribution in [0.4, 0.5) is 0 Å². The predicted octanol–water partition coefficient (Wildman–Crippen LogP) is -0.281. The van der Waals surface area contributed by atoms with Crippen LogP contribution in [0.2, 0.25) is 0 Å². The molecular weight excluding hydrogens is 234 g/mol. The SMILES string of the molecule is CCCCCn1c2ccc(=O)c(=O)c=2c(=O)c1=O. The van der Waals surface area contributed by atoms with Gasteiger partial charge in [0.2, 0.25) is 10.9 Å². The average molecular weight is 247 g/mol. The second kappa shape index (κ2) is 4.68. The first kappa shape index (κ1) is 12.4. The quantitative estimate of drug-likeness (QED) is 0.550. The molecule has 0 fully saturated rings. The van der Waals surface area contributed by atoms with Crippen molar-refractivity contribution in [1.29, 1.82) is 0 Å². The molecule has 2 rings (SSSR count). The molecule has 0 aromatic carbocycles. The topological polar surface area (TPSA) is 73.2 Å². The lowest BCUT2D eigenvalue weighted by atomic mass is 10.2. The Morgan fingerprint density at radius 2 is 1.72 bits per heavy atom. The van der Waals surface area contributed by atoms with Crippen LogP contribution >= 0.6 is 0 Å². The average Bonchev–Trinajstić information content (AvgIpc) is 2.59. The summed E-state index contributed by atoms with van der Waals surface area (Å²) < 4.78 is 1.30. The molecule has 0 aromatic heterocycles. The molecule has 1 aliphatic carbocycles. The molecule has 0 amide bonds. The molecule has 0 N–H and O–H groups in total. The Balaban J connectivity index is 2.75. The highest BCUT2D eigenvalue weighted by molar-refractivity contribution is 5.13. The summed E-state index contributed by atoms with van der Waals surface area (Å²) in [5.74, 6) is 0. The van der Waals surface area contributed by atoms with E-state index in [4.69, 9.17) is 0 Å². The van der Waals surface area contributed by atoms with Crippen LogP contribution in [0, 0.1) is 10.6 Å². The molecule has 0 aromatic rings. The summed E-state index contributed by atoms with van der Waals surface area (Å²) in [7, 11) is 0. The normalized spacial score (nSPS) is 11.2. The monoisotopic (exact) mass is 247 g/mol. The zero-order valence-corrected chi connectivity index (χ0v) is 10.1. The second-order valence-corrected chi connectivity index (χ2v) is 4.28. The van der Waals surface area contributed by atoms with E-state index in [-0.39, 0.29) is 10.6 Å². The molecule has 0 radical (unpaired) electrons. The zero-order chi connectivity index (χ0) is 13.3. The summed E-state index contributed by atoms with van der Waals surface area (Å²) in [4.78, 5) is 46.2. The Bertz CT molecular complexity index is 824. The van der Waals surface area contributed by atoms with Crippen LogP contribution in [-0.2, 0) is 6.54 Å². The largest absolute Gasteiger partial charge is 0.305 e. The molecule has 0 atom stereocenters. The molecule has 0 bridgehead atoms. The summed E-state index contributed by atoms with van der Waals surface area (Å²) in [5.41, 5.74) is -3.18. The van der Waals surface area contributed by atoms with Crippen molar-refractivity contribution < 1.29 is 0 Å². The van der Waals surface area contributed by atoms with Crippen LogP contribution in [0.25, 0.3) is 0 Å². The van der Waals surface area contributed by atoms with Crippen LogP contribution in [0.5, 0.6) is 0 Å². The van der Waals surface area contributed by atoms with Gasteiger partial charge in [0.15, 0.2) is 0 Å². The van der Waals surface area contributed by atoms with Crippen molar-refractivity contribution in [3.05, 3.63) is 63.7 Å². The van der Waals surface area contributed by atoms with E-state index >= 15 is 0 Å². The fourth-order valence-corrected chi connectivity index (χ4v) is 2.08. The lowest BCUT2D eigenvalue weighted by Gasteiger charge is -2.00. The maximum atomic E-state index is 11.8. The van der Waals surface area contributed by atoms with Crippen molar-refractivity contribution in [2.45, 2.75) is 32.7 Å². The third-order valence-electron chi connectivity index (χ3n) is 3.04. The van der Waals surface area contributed by atoms with Crippen molar-refractivity contribution in [2.75, 3.05) is 0 Å². The minimum Gasteiger partial charge on any atom is -0.305 e. The standard InChI is InChI=1S/C13H13NO4/c1-2-3-4-7-14-8-5-6-9(15)11(16)10(8)12(17)13(14)18/h5-6H,2-4,7H2,1H3. The highest BCUT2D eigenvalue weighted by Gasteiger charge is 2.13. The molecule has 18 heavy (non-hydrogen) atoms. The Morgan fingerprint density at radius 3 is 2.39 bits per heavy atom. The van der Waals surface area contributed by atoms with Crippen molar-refractivity contribution in [3.63, 3.8) is 0 Å². The summed E-state index contributed by atoms with van der Waals surface area (Å²) in [6, 6.07) is 2.49. The van der Waals surface area contributed by atoms with Gasteiger partial charge in [-0.25, -0.2) is 0 Å². The van der Waals surface area contributed by atoms with E-state index in [1.807, 2.05) is 6.92 Å². The maximum absolute atomic E-state index is 11.8. The fraction of sp³-hybridized carbons (Fsp3) is 0.385. The fourth-order valence-electron chi connectivity index (χ4n) is 2.08. The zero-order valence-electron chi connectivity index (χ0n) is 10.1. The Kier molecular flexibility index (Phi) is 3.23. The lowest BCUT2D eigenvalue weighted by Crippen LogP contribution is -2.32. The van der Waals surface area contributed by atoms with Crippen LogP contribution in [0.15, 0.2) is 31.3 Å². The van der Waals surface area contributed by atoms with Gasteiger partial charge in [-0.3, -0.25) is 19.2 Å². The molecule has 1 aliphatic heterocycles. The molecule has 94 valence electrons. The van der Waals surface area contributed by atoms with Gasteiger partial charge >= 0.3 is 0 Å². The highest BCUT2D eigenvalue weighted by atomic mass is 16.2. The minimum atomic E-state index is -0.871. The van der Waals surface area contributed by atoms with Gasteiger partial charge < -0.3 is 4.57 Å². The van der Waals surface area contributed by atoms with Gasteiger partial charge in [-0.15, -0.1) is 0 Å². The number of nitrogens with zero attached hydrogens (tertiary/aromatic N) is 1. The molecule has 0 spiro atoms. The van der Waals surface area contributed by atoms with Crippen LogP contribution < -0.4 is 21.8 Å². The number of hydrogen-bond donors (Lipinski definition) is 0. The number of hydrogen-bond acceptors (Lipinski definition) is 4. The number of aromatic nitrogens is 1. The summed E-state index contributed by atoms with van der Waals surface area (Å²) in [5, 5.41) is 0.0229. The van der Waals surface area contributed by atoms with Crippen molar-refractivity contribution >= 4 is 0 Å². The molecule has 2 aliphatic rings.